The first-order valence-corrected chi connectivity index (χ1v) is 10.8. The van der Waals surface area contributed by atoms with E-state index in [1.54, 1.807) is 0 Å². The first kappa shape index (κ1) is 20.7. The molecule has 32 heavy (non-hydrogen) atoms. The van der Waals surface area contributed by atoms with Crippen LogP contribution in [0.1, 0.15) is 68.3 Å². The predicted molar refractivity (Wildman–Crippen MR) is 114 cm³/mol. The van der Waals surface area contributed by atoms with Crippen LogP contribution in [0, 0.1) is 0 Å². The molecule has 1 atom stereocenters. The van der Waals surface area contributed by atoms with Crippen LogP contribution in [0.25, 0.3) is 11.0 Å². The predicted octanol–water partition coefficient (Wildman–Crippen LogP) is 4.86. The van der Waals surface area contributed by atoms with E-state index < -0.39 is 23.6 Å². The molecule has 1 aliphatic carbocycles. The lowest BCUT2D eigenvalue weighted by Gasteiger charge is -2.14. The number of amides is 1. The maximum absolute atomic E-state index is 13.4. The molecule has 1 unspecified atom stereocenters. The van der Waals surface area contributed by atoms with Crippen LogP contribution in [0.3, 0.4) is 0 Å². The Morgan fingerprint density at radius 1 is 1.19 bits per heavy atom. The van der Waals surface area contributed by atoms with Crippen molar-refractivity contribution in [2.75, 3.05) is 10.6 Å². The van der Waals surface area contributed by atoms with Crippen molar-refractivity contribution in [3.05, 3.63) is 41.2 Å². The second kappa shape index (κ2) is 7.46. The summed E-state index contributed by atoms with van der Waals surface area (Å²) in [4.78, 5) is 22.0. The van der Waals surface area contributed by atoms with Gasteiger partial charge in [0.25, 0.3) is 0 Å². The van der Waals surface area contributed by atoms with Crippen LogP contribution < -0.4 is 10.6 Å². The minimum Gasteiger partial charge on any atom is -0.352 e. The Morgan fingerprint density at radius 2 is 1.94 bits per heavy atom. The molecule has 0 radical (unpaired) electrons. The van der Waals surface area contributed by atoms with Crippen molar-refractivity contribution in [3.8, 4) is 0 Å². The summed E-state index contributed by atoms with van der Waals surface area (Å²) >= 11 is 0. The highest BCUT2D eigenvalue weighted by Crippen LogP contribution is 2.42. The van der Waals surface area contributed by atoms with E-state index in [4.69, 9.17) is 0 Å². The molecular weight excluding hydrogens is 421 g/mol. The summed E-state index contributed by atoms with van der Waals surface area (Å²) in [6.07, 6.45) is 1.59. The van der Waals surface area contributed by atoms with Gasteiger partial charge in [-0.3, -0.25) is 9.48 Å². The van der Waals surface area contributed by atoms with Gasteiger partial charge >= 0.3 is 6.18 Å². The number of halogens is 3. The van der Waals surface area contributed by atoms with Gasteiger partial charge in [0, 0.05) is 17.9 Å². The van der Waals surface area contributed by atoms with Gasteiger partial charge in [-0.2, -0.15) is 23.3 Å². The summed E-state index contributed by atoms with van der Waals surface area (Å²) < 4.78 is 42.0. The zero-order valence-corrected chi connectivity index (χ0v) is 17.7. The number of anilines is 2. The molecule has 0 bridgehead atoms. The molecule has 0 spiro atoms. The topological polar surface area (TPSA) is 84.7 Å². The number of carbonyl (C=O) groups is 1. The molecule has 0 saturated heterocycles. The van der Waals surface area contributed by atoms with Crippen LogP contribution >= 0.6 is 0 Å². The number of hydrogen-bond acceptors (Lipinski definition) is 5. The van der Waals surface area contributed by atoms with Crippen LogP contribution in [0.4, 0.5) is 24.8 Å². The number of carbonyl (C=O) groups excluding carboxylic acids is 1. The lowest BCUT2D eigenvalue weighted by molar-refractivity contribution is -0.137. The van der Waals surface area contributed by atoms with E-state index in [1.165, 1.54) is 6.07 Å². The number of benzene rings is 1. The van der Waals surface area contributed by atoms with Crippen molar-refractivity contribution in [3.63, 3.8) is 0 Å². The van der Waals surface area contributed by atoms with Crippen LogP contribution in [0.2, 0.25) is 0 Å². The molecule has 1 fully saturated rings. The van der Waals surface area contributed by atoms with Crippen molar-refractivity contribution in [1.29, 1.82) is 0 Å². The van der Waals surface area contributed by atoms with E-state index in [1.807, 2.05) is 24.7 Å². The Hall–Kier alpha value is -3.17. The number of hydrogen-bond donors (Lipinski definition) is 2. The molecular formula is C22H23F3N6O. The van der Waals surface area contributed by atoms with Gasteiger partial charge < -0.3 is 10.6 Å². The molecule has 3 heterocycles. The molecule has 3 aromatic rings. The van der Waals surface area contributed by atoms with Crippen LogP contribution in [-0.4, -0.2) is 31.7 Å². The summed E-state index contributed by atoms with van der Waals surface area (Å²) in [6, 6.07) is 3.58. The maximum Gasteiger partial charge on any atom is 0.416 e. The van der Waals surface area contributed by atoms with Gasteiger partial charge in [0.2, 0.25) is 11.9 Å². The number of alkyl halides is 3. The number of nitrogens with one attached hydrogen (secondary N) is 2. The van der Waals surface area contributed by atoms with Crippen molar-refractivity contribution >= 4 is 28.6 Å². The SMILES string of the molecule is CC(C)Nc1nc(C2C(=O)Nc3ccc(C(F)(F)F)cc32)c2cn(C3CCCC3)nc2n1. The molecule has 1 amide bonds. The van der Waals surface area contributed by atoms with Crippen molar-refractivity contribution < 1.29 is 18.0 Å². The molecule has 1 aromatic carbocycles. The van der Waals surface area contributed by atoms with Crippen molar-refractivity contribution in [2.24, 2.45) is 0 Å². The fourth-order valence-electron chi connectivity index (χ4n) is 4.55. The first-order chi connectivity index (χ1) is 15.2. The highest BCUT2D eigenvalue weighted by molar-refractivity contribution is 6.06. The van der Waals surface area contributed by atoms with E-state index in [2.05, 4.69) is 25.7 Å². The summed E-state index contributed by atoms with van der Waals surface area (Å²) in [5.41, 5.74) is 0.608. The largest absolute Gasteiger partial charge is 0.416 e. The van der Waals surface area contributed by atoms with E-state index in [9.17, 15) is 18.0 Å². The molecule has 5 rings (SSSR count). The van der Waals surface area contributed by atoms with Crippen LogP contribution in [0.15, 0.2) is 24.4 Å². The highest BCUT2D eigenvalue weighted by atomic mass is 19.4. The number of fused-ring (bicyclic) bond motifs is 2. The number of rotatable bonds is 4. The number of aromatic nitrogens is 4. The van der Waals surface area contributed by atoms with Gasteiger partial charge in [-0.1, -0.05) is 12.8 Å². The van der Waals surface area contributed by atoms with Crippen molar-refractivity contribution in [1.82, 2.24) is 19.7 Å². The van der Waals surface area contributed by atoms with Gasteiger partial charge in [-0.05, 0) is 50.5 Å². The minimum absolute atomic E-state index is 0.0266. The monoisotopic (exact) mass is 444 g/mol. The molecule has 7 nitrogen and oxygen atoms in total. The Morgan fingerprint density at radius 3 is 2.62 bits per heavy atom. The third-order valence-corrected chi connectivity index (χ3v) is 6.03. The zero-order chi connectivity index (χ0) is 22.6. The van der Waals surface area contributed by atoms with Crippen molar-refractivity contribution in [2.45, 2.75) is 63.7 Å². The molecule has 10 heteroatoms. The molecule has 168 valence electrons. The highest BCUT2D eigenvalue weighted by Gasteiger charge is 2.39. The van der Waals surface area contributed by atoms with E-state index >= 15 is 0 Å². The van der Waals surface area contributed by atoms with Gasteiger partial charge in [0.05, 0.1) is 22.7 Å². The van der Waals surface area contributed by atoms with E-state index in [0.29, 0.717) is 28.4 Å². The second-order valence-corrected chi connectivity index (χ2v) is 8.74. The minimum atomic E-state index is -4.51. The zero-order valence-electron chi connectivity index (χ0n) is 17.7. The summed E-state index contributed by atoms with van der Waals surface area (Å²) in [6.45, 7) is 3.86. The fourth-order valence-corrected chi connectivity index (χ4v) is 4.55. The Kier molecular flexibility index (Phi) is 4.83. The van der Waals surface area contributed by atoms with Gasteiger partial charge in [0.15, 0.2) is 5.65 Å². The summed E-state index contributed by atoms with van der Waals surface area (Å²) in [5, 5.41) is 11.1. The Labute approximate surface area is 182 Å². The normalized spacial score (nSPS) is 19.1. The van der Waals surface area contributed by atoms with Crippen LogP contribution in [-0.2, 0) is 11.0 Å². The van der Waals surface area contributed by atoms with Gasteiger partial charge in [-0.25, -0.2) is 4.98 Å². The average molecular weight is 444 g/mol. The second-order valence-electron chi connectivity index (χ2n) is 8.74. The molecule has 2 N–H and O–H groups in total. The average Bonchev–Trinajstić information content (AvgIpc) is 3.43. The molecule has 1 aliphatic heterocycles. The lowest BCUT2D eigenvalue weighted by Crippen LogP contribution is -2.18. The third kappa shape index (κ3) is 3.57. The number of nitrogens with zero attached hydrogens (tertiary/aromatic N) is 4. The fraction of sp³-hybridized carbons (Fsp3) is 0.455. The Bertz CT molecular complexity index is 1200. The van der Waals surface area contributed by atoms with Gasteiger partial charge in [-0.15, -0.1) is 0 Å². The molecule has 2 aromatic heterocycles. The molecule has 2 aliphatic rings. The third-order valence-electron chi connectivity index (χ3n) is 6.03. The lowest BCUT2D eigenvalue weighted by atomic mass is 9.93. The quantitative estimate of drug-likeness (QED) is 0.600. The first-order valence-electron chi connectivity index (χ1n) is 10.8. The maximum atomic E-state index is 13.4. The molecule has 1 saturated carbocycles. The summed E-state index contributed by atoms with van der Waals surface area (Å²) in [5.74, 6) is -1.09. The smallest absolute Gasteiger partial charge is 0.352 e. The van der Waals surface area contributed by atoms with Crippen LogP contribution in [0.5, 0.6) is 0 Å². The standard InChI is InChI=1S/C22H23F3N6O/c1-11(2)26-21-28-18(15-10-31(30-19(15)29-21)13-5-3-4-6-13)17-14-9-12(22(23,24)25)7-8-16(14)27-20(17)32/h7-11,13,17H,3-6H2,1-2H3,(H,27,32)(H,26,29,30). The van der Waals surface area contributed by atoms with Gasteiger partial charge in [0.1, 0.15) is 5.92 Å². The summed E-state index contributed by atoms with van der Waals surface area (Å²) in [7, 11) is 0. The van der Waals surface area contributed by atoms with E-state index in [0.717, 1.165) is 37.8 Å². The Balaban J connectivity index is 1.68. The van der Waals surface area contributed by atoms with E-state index in [-0.39, 0.29) is 17.6 Å².